The Morgan fingerprint density at radius 1 is 1.48 bits per heavy atom. The monoisotopic (exact) mass is 291 g/mol. The van der Waals surface area contributed by atoms with Gasteiger partial charge in [0.1, 0.15) is 17.9 Å². The number of nitrogens with one attached hydrogen (secondary N) is 3. The lowest BCUT2D eigenvalue weighted by Gasteiger charge is -2.28. The lowest BCUT2D eigenvalue weighted by Crippen LogP contribution is -2.45. The summed E-state index contributed by atoms with van der Waals surface area (Å²) < 4.78 is 10.9. The number of carbonyl (C=O) groups is 1. The van der Waals surface area contributed by atoms with Crippen LogP contribution in [0.3, 0.4) is 0 Å². The van der Waals surface area contributed by atoms with E-state index in [1.807, 2.05) is 32.9 Å². The second kappa shape index (κ2) is 4.81. The third kappa shape index (κ3) is 2.70. The molecule has 0 radical (unpaired) electrons. The van der Waals surface area contributed by atoms with Gasteiger partial charge in [0.05, 0.1) is 5.69 Å². The molecule has 8 heteroatoms. The van der Waals surface area contributed by atoms with Crippen molar-refractivity contribution in [1.82, 2.24) is 11.1 Å². The standard InChI is InChI=1S/C13H17N5O3/c1-13(2,3)21-12(19)14-8-5-4-6-9-11(8)20-7-10-15-16-17-18(9)10/h4-6,16-17H,7H2,1-3H3,(H,14,19). The molecule has 3 rings (SSSR count). The fourth-order valence-corrected chi connectivity index (χ4v) is 2.05. The van der Waals surface area contributed by atoms with Crippen LogP contribution in [-0.4, -0.2) is 24.1 Å². The Morgan fingerprint density at radius 3 is 3.05 bits per heavy atom. The van der Waals surface area contributed by atoms with Gasteiger partial charge in [0, 0.05) is 0 Å². The lowest BCUT2D eigenvalue weighted by molar-refractivity contribution is 0.0635. The highest BCUT2D eigenvalue weighted by Crippen LogP contribution is 2.38. The number of ether oxygens (including phenoxy) is 2. The highest BCUT2D eigenvalue weighted by Gasteiger charge is 2.29. The van der Waals surface area contributed by atoms with Crippen molar-refractivity contribution in [3.8, 4) is 5.75 Å². The molecule has 0 bridgehead atoms. The number of carbonyl (C=O) groups excluding carboxylic acids is 1. The molecule has 0 unspecified atom stereocenters. The molecule has 0 atom stereocenters. The Morgan fingerprint density at radius 2 is 2.29 bits per heavy atom. The predicted octanol–water partition coefficient (Wildman–Crippen LogP) is 1.57. The second-order valence-electron chi connectivity index (χ2n) is 5.66. The first-order valence-electron chi connectivity index (χ1n) is 6.57. The maximum atomic E-state index is 11.9. The molecule has 0 fully saturated rings. The first-order valence-corrected chi connectivity index (χ1v) is 6.57. The molecular weight excluding hydrogens is 274 g/mol. The Hall–Kier alpha value is -2.48. The summed E-state index contributed by atoms with van der Waals surface area (Å²) in [7, 11) is 0. The van der Waals surface area contributed by atoms with Gasteiger partial charge in [-0.3, -0.25) is 5.32 Å². The Bertz CT molecular complexity index is 608. The third-order valence-electron chi connectivity index (χ3n) is 2.82. The SMILES string of the molecule is CC(C)(C)OC(=O)Nc1cccc2c1OCC1=NNNN12. The van der Waals surface area contributed by atoms with Crippen molar-refractivity contribution < 1.29 is 14.3 Å². The van der Waals surface area contributed by atoms with E-state index in [2.05, 4.69) is 21.5 Å². The molecule has 112 valence electrons. The van der Waals surface area contributed by atoms with Crippen LogP contribution in [0.25, 0.3) is 0 Å². The van der Waals surface area contributed by atoms with E-state index in [1.165, 1.54) is 0 Å². The summed E-state index contributed by atoms with van der Waals surface area (Å²) in [6.07, 6.45) is -0.522. The average molecular weight is 291 g/mol. The minimum absolute atomic E-state index is 0.306. The zero-order chi connectivity index (χ0) is 15.0. The smallest absolute Gasteiger partial charge is 0.412 e. The maximum Gasteiger partial charge on any atom is 0.412 e. The Labute approximate surface area is 122 Å². The molecule has 0 aromatic heterocycles. The third-order valence-corrected chi connectivity index (χ3v) is 2.82. The zero-order valence-corrected chi connectivity index (χ0v) is 12.1. The molecule has 21 heavy (non-hydrogen) atoms. The van der Waals surface area contributed by atoms with Gasteiger partial charge < -0.3 is 9.47 Å². The van der Waals surface area contributed by atoms with Crippen LogP contribution in [0.1, 0.15) is 20.8 Å². The zero-order valence-electron chi connectivity index (χ0n) is 12.1. The van der Waals surface area contributed by atoms with Gasteiger partial charge in [0.25, 0.3) is 0 Å². The first-order chi connectivity index (χ1) is 9.94. The van der Waals surface area contributed by atoms with Gasteiger partial charge in [-0.15, -0.1) is 10.6 Å². The van der Waals surface area contributed by atoms with Crippen LogP contribution in [0, 0.1) is 0 Å². The fourth-order valence-electron chi connectivity index (χ4n) is 2.05. The van der Waals surface area contributed by atoms with Crippen molar-refractivity contribution in [3.63, 3.8) is 0 Å². The van der Waals surface area contributed by atoms with Crippen molar-refractivity contribution in [2.24, 2.45) is 5.10 Å². The largest absolute Gasteiger partial charge is 0.481 e. The van der Waals surface area contributed by atoms with E-state index in [1.54, 1.807) is 11.1 Å². The number of nitrogens with zero attached hydrogens (tertiary/aromatic N) is 2. The summed E-state index contributed by atoms with van der Waals surface area (Å²) in [5, 5.41) is 8.51. The lowest BCUT2D eigenvalue weighted by atomic mass is 10.2. The van der Waals surface area contributed by atoms with E-state index in [0.29, 0.717) is 18.0 Å². The number of amidine groups is 1. The molecule has 0 aliphatic carbocycles. The van der Waals surface area contributed by atoms with Gasteiger partial charge in [-0.05, 0) is 32.9 Å². The number of rotatable bonds is 1. The van der Waals surface area contributed by atoms with Gasteiger partial charge in [-0.1, -0.05) is 6.07 Å². The molecule has 2 aliphatic heterocycles. The number of para-hydroxylation sites is 1. The number of hydrazine groups is 2. The van der Waals surface area contributed by atoms with E-state index >= 15 is 0 Å². The molecule has 1 aromatic rings. The van der Waals surface area contributed by atoms with Crippen LogP contribution in [0.5, 0.6) is 5.75 Å². The van der Waals surface area contributed by atoms with Gasteiger partial charge >= 0.3 is 6.09 Å². The highest BCUT2D eigenvalue weighted by atomic mass is 16.6. The topological polar surface area (TPSA) is 87.2 Å². The van der Waals surface area contributed by atoms with E-state index in [0.717, 1.165) is 11.5 Å². The number of anilines is 2. The number of hydrogen-bond donors (Lipinski definition) is 3. The van der Waals surface area contributed by atoms with Gasteiger partial charge in [0.15, 0.2) is 11.6 Å². The second-order valence-corrected chi connectivity index (χ2v) is 5.66. The molecule has 2 heterocycles. The number of amides is 1. The summed E-state index contributed by atoms with van der Waals surface area (Å²) >= 11 is 0. The molecule has 0 saturated heterocycles. The maximum absolute atomic E-state index is 11.9. The number of benzene rings is 1. The van der Waals surface area contributed by atoms with Crippen LogP contribution in [0.15, 0.2) is 23.3 Å². The molecule has 2 aliphatic rings. The Balaban J connectivity index is 1.83. The van der Waals surface area contributed by atoms with Crippen molar-refractivity contribution in [1.29, 1.82) is 0 Å². The van der Waals surface area contributed by atoms with Crippen LogP contribution >= 0.6 is 0 Å². The fraction of sp³-hybridized carbons (Fsp3) is 0.385. The minimum atomic E-state index is -0.556. The van der Waals surface area contributed by atoms with Gasteiger partial charge in [-0.25, -0.2) is 15.3 Å². The molecule has 3 N–H and O–H groups in total. The van der Waals surface area contributed by atoms with Crippen LogP contribution in [-0.2, 0) is 4.74 Å². The minimum Gasteiger partial charge on any atom is -0.481 e. The summed E-state index contributed by atoms with van der Waals surface area (Å²) in [4.78, 5) is 11.9. The van der Waals surface area contributed by atoms with Crippen LogP contribution < -0.4 is 26.1 Å². The van der Waals surface area contributed by atoms with Gasteiger partial charge in [0.2, 0.25) is 0 Å². The Kier molecular flexibility index (Phi) is 3.09. The predicted molar refractivity (Wildman–Crippen MR) is 78.0 cm³/mol. The molecule has 0 saturated carbocycles. The summed E-state index contributed by atoms with van der Waals surface area (Å²) in [5.41, 5.74) is 6.32. The molecule has 8 nitrogen and oxygen atoms in total. The number of hydrogen-bond acceptors (Lipinski definition) is 7. The summed E-state index contributed by atoms with van der Waals surface area (Å²) in [6, 6.07) is 5.44. The van der Waals surface area contributed by atoms with Crippen molar-refractivity contribution in [2.75, 3.05) is 16.9 Å². The van der Waals surface area contributed by atoms with Crippen molar-refractivity contribution in [2.45, 2.75) is 26.4 Å². The quantitative estimate of drug-likeness (QED) is 0.728. The van der Waals surface area contributed by atoms with E-state index in [4.69, 9.17) is 9.47 Å². The molecular formula is C13H17N5O3. The van der Waals surface area contributed by atoms with Crippen molar-refractivity contribution >= 4 is 23.3 Å². The number of fused-ring (bicyclic) bond motifs is 3. The molecule has 1 aromatic carbocycles. The highest BCUT2D eigenvalue weighted by molar-refractivity contribution is 6.03. The van der Waals surface area contributed by atoms with Crippen LogP contribution in [0.2, 0.25) is 0 Å². The summed E-state index contributed by atoms with van der Waals surface area (Å²) in [6.45, 7) is 5.74. The number of hydrazone groups is 1. The normalized spacial score (nSPS) is 16.1. The average Bonchev–Trinajstić information content (AvgIpc) is 2.85. The molecule has 0 spiro atoms. The van der Waals surface area contributed by atoms with E-state index < -0.39 is 11.7 Å². The van der Waals surface area contributed by atoms with Crippen molar-refractivity contribution in [3.05, 3.63) is 18.2 Å². The summed E-state index contributed by atoms with van der Waals surface area (Å²) in [5.74, 6) is 1.29. The van der Waals surface area contributed by atoms with E-state index in [-0.39, 0.29) is 0 Å². The van der Waals surface area contributed by atoms with E-state index in [9.17, 15) is 4.79 Å². The van der Waals surface area contributed by atoms with Crippen LogP contribution in [0.4, 0.5) is 16.2 Å². The molecule has 1 amide bonds. The first kappa shape index (κ1) is 13.5. The van der Waals surface area contributed by atoms with Gasteiger partial charge in [-0.2, -0.15) is 0 Å².